The number of nitrogens with zero attached hydrogens (tertiary/aromatic N) is 3. The van der Waals surface area contributed by atoms with E-state index in [1.165, 1.54) is 46.6 Å². The predicted octanol–water partition coefficient (Wildman–Crippen LogP) is 3.61. The van der Waals surface area contributed by atoms with Crippen molar-refractivity contribution in [3.8, 4) is 11.3 Å². The number of nitrogens with one attached hydrogen (secondary N) is 1. The molecule has 1 amide bonds. The highest BCUT2D eigenvalue weighted by atomic mass is 32.1. The summed E-state index contributed by atoms with van der Waals surface area (Å²) >= 11 is 1.35. The molecule has 0 saturated heterocycles. The van der Waals surface area contributed by atoms with Crippen LogP contribution in [0.1, 0.15) is 35.8 Å². The first kappa shape index (κ1) is 20.9. The molecule has 7 nitrogen and oxygen atoms in total. The monoisotopic (exact) mass is 412 g/mol. The fraction of sp³-hybridized carbons (Fsp3) is 0.333. The summed E-state index contributed by atoms with van der Waals surface area (Å²) in [6, 6.07) is 11.1. The highest BCUT2D eigenvalue weighted by molar-refractivity contribution is 7.14. The SMILES string of the molecule is CCCCc1ccc(-c2csc(NC(=O)c3ccc(=O)n(CCOC)n3)n2)cc1. The molecule has 0 unspecified atom stereocenters. The minimum absolute atomic E-state index is 0.151. The van der Waals surface area contributed by atoms with Crippen molar-refractivity contribution in [3.63, 3.8) is 0 Å². The molecular formula is C21H24N4O3S. The Bertz CT molecular complexity index is 1010. The number of benzene rings is 1. The lowest BCUT2D eigenvalue weighted by Crippen LogP contribution is -2.27. The largest absolute Gasteiger partial charge is 0.383 e. The van der Waals surface area contributed by atoms with Crippen LogP contribution in [0.2, 0.25) is 0 Å². The van der Waals surface area contributed by atoms with Crippen molar-refractivity contribution < 1.29 is 9.53 Å². The molecule has 3 rings (SSSR count). The fourth-order valence-electron chi connectivity index (χ4n) is 2.76. The Kier molecular flexibility index (Phi) is 7.26. The van der Waals surface area contributed by atoms with Crippen LogP contribution in [0.25, 0.3) is 11.3 Å². The zero-order valence-corrected chi connectivity index (χ0v) is 17.4. The van der Waals surface area contributed by atoms with Gasteiger partial charge in [0.1, 0.15) is 5.69 Å². The molecule has 0 aliphatic carbocycles. The predicted molar refractivity (Wildman–Crippen MR) is 114 cm³/mol. The number of rotatable bonds is 9. The standard InChI is InChI=1S/C21H24N4O3S/c1-3-4-5-15-6-8-16(9-7-15)18-14-29-21(22-18)23-20(27)17-10-11-19(26)25(24-17)12-13-28-2/h6-11,14H,3-5,12-13H2,1-2H3,(H,22,23,27). The third-order valence-electron chi connectivity index (χ3n) is 4.40. The first-order valence-electron chi connectivity index (χ1n) is 9.54. The van der Waals surface area contributed by atoms with Crippen LogP contribution in [0.15, 0.2) is 46.6 Å². The van der Waals surface area contributed by atoms with E-state index in [1.54, 1.807) is 7.11 Å². The van der Waals surface area contributed by atoms with E-state index >= 15 is 0 Å². The van der Waals surface area contributed by atoms with Gasteiger partial charge in [-0.15, -0.1) is 11.3 Å². The maximum absolute atomic E-state index is 12.5. The van der Waals surface area contributed by atoms with Gasteiger partial charge in [0, 0.05) is 24.1 Å². The smallest absolute Gasteiger partial charge is 0.277 e. The Morgan fingerprint density at radius 3 is 2.72 bits per heavy atom. The molecule has 8 heteroatoms. The number of hydrogen-bond acceptors (Lipinski definition) is 6. The highest BCUT2D eigenvalue weighted by Gasteiger charge is 2.13. The van der Waals surface area contributed by atoms with Crippen molar-refractivity contribution >= 4 is 22.4 Å². The molecule has 1 N–H and O–H groups in total. The summed E-state index contributed by atoms with van der Waals surface area (Å²) < 4.78 is 6.17. The van der Waals surface area contributed by atoms with E-state index in [0.717, 1.165) is 17.7 Å². The quantitative estimate of drug-likeness (QED) is 0.580. The van der Waals surface area contributed by atoms with E-state index in [4.69, 9.17) is 4.74 Å². The summed E-state index contributed by atoms with van der Waals surface area (Å²) in [4.78, 5) is 28.8. The molecule has 2 heterocycles. The summed E-state index contributed by atoms with van der Waals surface area (Å²) in [5, 5.41) is 9.23. The second kappa shape index (κ2) is 10.1. The summed E-state index contributed by atoms with van der Waals surface area (Å²) in [6.07, 6.45) is 3.43. The van der Waals surface area contributed by atoms with Crippen LogP contribution in [-0.2, 0) is 17.7 Å². The molecule has 0 fully saturated rings. The van der Waals surface area contributed by atoms with Gasteiger partial charge < -0.3 is 4.74 Å². The van der Waals surface area contributed by atoms with Gasteiger partial charge in [-0.05, 0) is 24.5 Å². The molecule has 3 aromatic rings. The molecule has 0 aliphatic heterocycles. The number of ether oxygens (including phenoxy) is 1. The van der Waals surface area contributed by atoms with Gasteiger partial charge in [-0.3, -0.25) is 14.9 Å². The maximum Gasteiger partial charge on any atom is 0.277 e. The van der Waals surface area contributed by atoms with Gasteiger partial charge in [0.05, 0.1) is 18.8 Å². The van der Waals surface area contributed by atoms with Crippen LogP contribution >= 0.6 is 11.3 Å². The Labute approximate surface area is 173 Å². The number of unbranched alkanes of at least 4 members (excludes halogenated alkanes) is 1. The normalized spacial score (nSPS) is 10.8. The lowest BCUT2D eigenvalue weighted by molar-refractivity contribution is 0.101. The van der Waals surface area contributed by atoms with Gasteiger partial charge in [0.25, 0.3) is 11.5 Å². The number of aromatic nitrogens is 3. The van der Waals surface area contributed by atoms with Crippen molar-refractivity contribution in [2.45, 2.75) is 32.7 Å². The molecule has 0 saturated carbocycles. The van der Waals surface area contributed by atoms with Crippen LogP contribution in [0.3, 0.4) is 0 Å². The van der Waals surface area contributed by atoms with E-state index in [-0.39, 0.29) is 17.8 Å². The Morgan fingerprint density at radius 2 is 2.00 bits per heavy atom. The summed E-state index contributed by atoms with van der Waals surface area (Å²) in [6.45, 7) is 2.81. The second-order valence-electron chi connectivity index (χ2n) is 6.57. The van der Waals surface area contributed by atoms with Gasteiger partial charge in [-0.25, -0.2) is 9.67 Å². The van der Waals surface area contributed by atoms with Crippen molar-refractivity contribution in [1.82, 2.24) is 14.8 Å². The van der Waals surface area contributed by atoms with E-state index in [0.29, 0.717) is 11.7 Å². The molecular weight excluding hydrogens is 388 g/mol. The van der Waals surface area contributed by atoms with Gasteiger partial charge in [-0.1, -0.05) is 37.6 Å². The van der Waals surface area contributed by atoms with Crippen LogP contribution < -0.4 is 10.9 Å². The summed E-state index contributed by atoms with van der Waals surface area (Å²) in [7, 11) is 1.54. The number of anilines is 1. The van der Waals surface area contributed by atoms with E-state index in [2.05, 4.69) is 46.6 Å². The fourth-order valence-corrected chi connectivity index (χ4v) is 3.47. The maximum atomic E-state index is 12.5. The number of amides is 1. The molecule has 29 heavy (non-hydrogen) atoms. The molecule has 2 aromatic heterocycles. The molecule has 0 aliphatic rings. The average molecular weight is 413 g/mol. The molecule has 0 spiro atoms. The lowest BCUT2D eigenvalue weighted by Gasteiger charge is -2.06. The average Bonchev–Trinajstić information content (AvgIpc) is 3.20. The third-order valence-corrected chi connectivity index (χ3v) is 5.16. The molecule has 0 bridgehead atoms. The number of carbonyl (C=O) groups is 1. The van der Waals surface area contributed by atoms with Gasteiger partial charge in [-0.2, -0.15) is 5.10 Å². The van der Waals surface area contributed by atoms with Gasteiger partial charge >= 0.3 is 0 Å². The zero-order chi connectivity index (χ0) is 20.6. The highest BCUT2D eigenvalue weighted by Crippen LogP contribution is 2.25. The zero-order valence-electron chi connectivity index (χ0n) is 16.6. The second-order valence-corrected chi connectivity index (χ2v) is 7.42. The van der Waals surface area contributed by atoms with Gasteiger partial charge in [0.2, 0.25) is 0 Å². The molecule has 0 atom stereocenters. The topological polar surface area (TPSA) is 86.1 Å². The summed E-state index contributed by atoms with van der Waals surface area (Å²) in [5.41, 5.74) is 3.00. The van der Waals surface area contributed by atoms with Crippen LogP contribution in [0.4, 0.5) is 5.13 Å². The number of hydrogen-bond donors (Lipinski definition) is 1. The van der Waals surface area contributed by atoms with Crippen LogP contribution in [-0.4, -0.2) is 34.4 Å². The lowest BCUT2D eigenvalue weighted by atomic mass is 10.1. The molecule has 1 aromatic carbocycles. The molecule has 152 valence electrons. The summed E-state index contributed by atoms with van der Waals surface area (Å²) in [5.74, 6) is -0.410. The minimum Gasteiger partial charge on any atom is -0.383 e. The van der Waals surface area contributed by atoms with Crippen molar-refractivity contribution in [3.05, 3.63) is 63.4 Å². The van der Waals surface area contributed by atoms with Crippen LogP contribution in [0, 0.1) is 0 Å². The first-order valence-corrected chi connectivity index (χ1v) is 10.4. The van der Waals surface area contributed by atoms with Crippen molar-refractivity contribution in [1.29, 1.82) is 0 Å². The Hall–Kier alpha value is -2.84. The van der Waals surface area contributed by atoms with E-state index < -0.39 is 5.91 Å². The Morgan fingerprint density at radius 1 is 1.21 bits per heavy atom. The van der Waals surface area contributed by atoms with Crippen molar-refractivity contribution in [2.24, 2.45) is 0 Å². The number of aryl methyl sites for hydroxylation is 1. The minimum atomic E-state index is -0.410. The van der Waals surface area contributed by atoms with Gasteiger partial charge in [0.15, 0.2) is 5.13 Å². The van der Waals surface area contributed by atoms with E-state index in [9.17, 15) is 9.59 Å². The first-order chi connectivity index (χ1) is 14.1. The Balaban J connectivity index is 1.68. The number of thiazole rings is 1. The number of carbonyl (C=O) groups excluding carboxylic acids is 1. The number of methoxy groups -OCH3 is 1. The third kappa shape index (κ3) is 5.58. The van der Waals surface area contributed by atoms with E-state index in [1.807, 2.05) is 5.38 Å². The molecule has 0 radical (unpaired) electrons. The van der Waals surface area contributed by atoms with Crippen LogP contribution in [0.5, 0.6) is 0 Å². The van der Waals surface area contributed by atoms with Crippen molar-refractivity contribution in [2.75, 3.05) is 19.0 Å².